The van der Waals surface area contributed by atoms with Gasteiger partial charge < -0.3 is 8.92 Å². The van der Waals surface area contributed by atoms with Gasteiger partial charge in [0.25, 0.3) is 5.19 Å². The Balaban J connectivity index is 2.21. The number of methoxy groups -OCH3 is 1. The summed E-state index contributed by atoms with van der Waals surface area (Å²) in [7, 11) is 1.60. The molecule has 0 bridgehead atoms. The molecule has 1 heterocycles. The van der Waals surface area contributed by atoms with Crippen LogP contribution in [0.1, 0.15) is 0 Å². The third-order valence-electron chi connectivity index (χ3n) is 2.01. The van der Waals surface area contributed by atoms with Crippen LogP contribution < -0.4 is 8.92 Å². The summed E-state index contributed by atoms with van der Waals surface area (Å²) in [5, 5.41) is 1.92. The van der Waals surface area contributed by atoms with Crippen molar-refractivity contribution in [3.63, 3.8) is 0 Å². The molecule has 90 valence electrons. The zero-order chi connectivity index (χ0) is 12.3. The van der Waals surface area contributed by atoms with Crippen molar-refractivity contribution in [2.75, 3.05) is 7.11 Å². The molecule has 1 aromatic heterocycles. The summed E-state index contributed by atoms with van der Waals surface area (Å²) < 4.78 is 28.6. The van der Waals surface area contributed by atoms with Crippen molar-refractivity contribution < 1.29 is 17.7 Å². The van der Waals surface area contributed by atoms with E-state index in [1.54, 1.807) is 12.5 Å². The minimum atomic E-state index is -2.34. The van der Waals surface area contributed by atoms with E-state index < -0.39 is 11.4 Å². The quantitative estimate of drug-likeness (QED) is 0.864. The van der Waals surface area contributed by atoms with Crippen molar-refractivity contribution in [1.82, 2.24) is 4.98 Å². The normalized spacial score (nSPS) is 12.1. The molecular weight excluding hydrogens is 262 g/mol. The van der Waals surface area contributed by atoms with Crippen molar-refractivity contribution in [3.05, 3.63) is 29.6 Å². The average molecular weight is 271 g/mol. The molecule has 7 heteroatoms. The van der Waals surface area contributed by atoms with E-state index in [-0.39, 0.29) is 5.19 Å². The second kappa shape index (κ2) is 5.26. The third-order valence-corrected chi connectivity index (χ3v) is 3.13. The number of ether oxygens (including phenoxy) is 1. The van der Waals surface area contributed by atoms with E-state index in [0.717, 1.165) is 11.3 Å². The summed E-state index contributed by atoms with van der Waals surface area (Å²) in [6.45, 7) is 0. The fourth-order valence-corrected chi connectivity index (χ4v) is 2.29. The van der Waals surface area contributed by atoms with Gasteiger partial charge in [-0.05, 0) is 24.3 Å². The van der Waals surface area contributed by atoms with Crippen molar-refractivity contribution >= 4 is 22.7 Å². The Hall–Kier alpha value is -1.44. The molecule has 0 aliphatic carbocycles. The highest BCUT2D eigenvalue weighted by atomic mass is 32.2. The lowest BCUT2D eigenvalue weighted by Crippen LogP contribution is -1.96. The van der Waals surface area contributed by atoms with Crippen LogP contribution in [0.25, 0.3) is 11.3 Å². The van der Waals surface area contributed by atoms with Gasteiger partial charge in [-0.1, -0.05) is 11.3 Å². The van der Waals surface area contributed by atoms with Crippen LogP contribution >= 0.6 is 11.3 Å². The van der Waals surface area contributed by atoms with Crippen molar-refractivity contribution in [1.29, 1.82) is 0 Å². The molecule has 0 aliphatic heterocycles. The maximum Gasteiger partial charge on any atom is 0.359 e. The molecule has 0 saturated heterocycles. The highest BCUT2D eigenvalue weighted by molar-refractivity contribution is 7.74. The average Bonchev–Trinajstić information content (AvgIpc) is 2.77. The third kappa shape index (κ3) is 3.02. The summed E-state index contributed by atoms with van der Waals surface area (Å²) in [6.07, 6.45) is 0. The van der Waals surface area contributed by atoms with Gasteiger partial charge in [-0.15, -0.1) is 0 Å². The molecule has 1 atom stereocenters. The Bertz CT molecular complexity index is 523. The van der Waals surface area contributed by atoms with Crippen LogP contribution in [0, 0.1) is 0 Å². The number of benzene rings is 1. The number of nitrogens with zero attached hydrogens (tertiary/aromatic N) is 1. The van der Waals surface area contributed by atoms with Crippen molar-refractivity contribution in [2.45, 2.75) is 0 Å². The van der Waals surface area contributed by atoms with Crippen LogP contribution in [-0.4, -0.2) is 20.9 Å². The molecular formula is C10H9NO4S2. The second-order valence-corrected chi connectivity index (χ2v) is 4.45. The molecule has 0 amide bonds. The zero-order valence-electron chi connectivity index (χ0n) is 8.82. The highest BCUT2D eigenvalue weighted by Gasteiger charge is 2.07. The van der Waals surface area contributed by atoms with Crippen LogP contribution in [-0.2, 0) is 11.4 Å². The topological polar surface area (TPSA) is 68.7 Å². The van der Waals surface area contributed by atoms with Crippen molar-refractivity contribution in [2.24, 2.45) is 0 Å². The fourth-order valence-electron chi connectivity index (χ4n) is 1.25. The first-order valence-electron chi connectivity index (χ1n) is 4.58. The first-order valence-corrected chi connectivity index (χ1v) is 6.49. The summed E-state index contributed by atoms with van der Waals surface area (Å²) >= 11 is -1.17. The van der Waals surface area contributed by atoms with E-state index in [9.17, 15) is 4.21 Å². The number of hydrogen-bond acceptors (Lipinski definition) is 5. The molecule has 2 aromatic rings. The first kappa shape index (κ1) is 12.0. The predicted molar refractivity (Wildman–Crippen MR) is 65.5 cm³/mol. The van der Waals surface area contributed by atoms with E-state index in [4.69, 9.17) is 9.29 Å². The number of thiazole rings is 1. The Morgan fingerprint density at radius 3 is 2.65 bits per heavy atom. The smallest absolute Gasteiger partial charge is 0.359 e. The molecule has 5 nitrogen and oxygen atoms in total. The maximum atomic E-state index is 10.4. The van der Waals surface area contributed by atoms with E-state index in [0.29, 0.717) is 5.69 Å². The van der Waals surface area contributed by atoms with E-state index in [2.05, 4.69) is 9.17 Å². The number of rotatable bonds is 4. The van der Waals surface area contributed by atoms with Crippen LogP contribution in [0.2, 0.25) is 0 Å². The Morgan fingerprint density at radius 1 is 1.35 bits per heavy atom. The van der Waals surface area contributed by atoms with Gasteiger partial charge in [-0.25, -0.2) is 4.98 Å². The Morgan fingerprint density at radius 2 is 2.06 bits per heavy atom. The zero-order valence-corrected chi connectivity index (χ0v) is 10.5. The van der Waals surface area contributed by atoms with Gasteiger partial charge in [-0.3, -0.25) is 4.55 Å². The molecule has 1 N–H and O–H groups in total. The highest BCUT2D eigenvalue weighted by Crippen LogP contribution is 2.27. The molecule has 0 spiro atoms. The Kier molecular flexibility index (Phi) is 3.72. The van der Waals surface area contributed by atoms with Gasteiger partial charge in [-0.2, -0.15) is 4.21 Å². The lowest BCUT2D eigenvalue weighted by atomic mass is 10.2. The lowest BCUT2D eigenvalue weighted by Gasteiger charge is -2.00. The van der Waals surface area contributed by atoms with E-state index in [1.807, 2.05) is 24.3 Å². The van der Waals surface area contributed by atoms with E-state index in [1.165, 1.54) is 11.3 Å². The van der Waals surface area contributed by atoms with Crippen LogP contribution in [0.3, 0.4) is 0 Å². The summed E-state index contributed by atoms with van der Waals surface area (Å²) in [6, 6.07) is 7.35. The van der Waals surface area contributed by atoms with Crippen LogP contribution in [0.15, 0.2) is 29.6 Å². The maximum absolute atomic E-state index is 10.4. The molecule has 17 heavy (non-hydrogen) atoms. The van der Waals surface area contributed by atoms with Gasteiger partial charge in [0.2, 0.25) is 0 Å². The summed E-state index contributed by atoms with van der Waals surface area (Å²) in [5.74, 6) is 0.761. The van der Waals surface area contributed by atoms with Gasteiger partial charge in [0.15, 0.2) is 0 Å². The van der Waals surface area contributed by atoms with Gasteiger partial charge in [0.05, 0.1) is 12.8 Å². The van der Waals surface area contributed by atoms with Crippen LogP contribution in [0.5, 0.6) is 10.9 Å². The second-order valence-electron chi connectivity index (χ2n) is 3.03. The molecule has 1 unspecified atom stereocenters. The summed E-state index contributed by atoms with van der Waals surface area (Å²) in [5.41, 5.74) is 1.58. The van der Waals surface area contributed by atoms with E-state index >= 15 is 0 Å². The predicted octanol–water partition coefficient (Wildman–Crippen LogP) is 2.33. The van der Waals surface area contributed by atoms with Crippen molar-refractivity contribution in [3.8, 4) is 22.2 Å². The van der Waals surface area contributed by atoms with Gasteiger partial charge in [0.1, 0.15) is 5.75 Å². The number of hydrogen-bond donors (Lipinski definition) is 1. The molecule has 0 aliphatic rings. The van der Waals surface area contributed by atoms with Gasteiger partial charge >= 0.3 is 11.4 Å². The lowest BCUT2D eigenvalue weighted by molar-refractivity contribution is 0.415. The molecule has 0 fully saturated rings. The minimum absolute atomic E-state index is 0.164. The first-order chi connectivity index (χ1) is 8.19. The molecule has 0 saturated carbocycles. The largest absolute Gasteiger partial charge is 0.497 e. The Labute approximate surface area is 105 Å². The number of aromatic nitrogens is 1. The minimum Gasteiger partial charge on any atom is -0.497 e. The standard InChI is InChI=1S/C10H9NO4S2/c1-14-8-4-2-7(3-5-8)9-6-16-10(11-9)15-17(12)13/h2-6H,1H3,(H,12,13). The SMILES string of the molecule is COc1ccc(-c2csc(OS(=O)O)n2)cc1. The molecule has 2 rings (SSSR count). The van der Waals surface area contributed by atoms with Gasteiger partial charge in [0, 0.05) is 10.9 Å². The molecule has 0 radical (unpaired) electrons. The monoisotopic (exact) mass is 271 g/mol. The molecule has 1 aromatic carbocycles. The van der Waals surface area contributed by atoms with Crippen LogP contribution in [0.4, 0.5) is 0 Å². The fraction of sp³-hybridized carbons (Fsp3) is 0.100. The summed E-state index contributed by atoms with van der Waals surface area (Å²) in [4.78, 5) is 4.08.